The minimum atomic E-state index is -3.14. The summed E-state index contributed by atoms with van der Waals surface area (Å²) >= 11 is 0. The third-order valence-corrected chi connectivity index (χ3v) is 6.53. The molecule has 1 unspecified atom stereocenters. The van der Waals surface area contributed by atoms with Crippen molar-refractivity contribution in [2.24, 2.45) is 10.1 Å². The van der Waals surface area contributed by atoms with Crippen LogP contribution in [0.4, 0.5) is 5.82 Å². The van der Waals surface area contributed by atoms with Gasteiger partial charge in [0, 0.05) is 24.1 Å². The molecule has 0 saturated heterocycles. The molecule has 2 amide bonds. The van der Waals surface area contributed by atoms with E-state index in [1.54, 1.807) is 11.0 Å². The molecule has 11 heteroatoms. The zero-order valence-electron chi connectivity index (χ0n) is 14.8. The van der Waals surface area contributed by atoms with Gasteiger partial charge in [-0.25, -0.2) is 14.2 Å². The number of hydrogen-bond acceptors (Lipinski definition) is 7. The Kier molecular flexibility index (Phi) is 4.17. The third-order valence-electron chi connectivity index (χ3n) is 4.86. The molecular formula is C16H19N7O3S. The van der Waals surface area contributed by atoms with Gasteiger partial charge in [-0.1, -0.05) is 0 Å². The number of amides is 2. The summed E-state index contributed by atoms with van der Waals surface area (Å²) in [4.78, 5) is 33.8. The molecule has 2 aromatic heterocycles. The Morgan fingerprint density at radius 3 is 2.85 bits per heavy atom. The first-order valence-corrected chi connectivity index (χ1v) is 10.5. The standard InChI is InChI=1S/C16H19N7O3S/c1-27(26,21-16(25)14(17)24)13-7-20-23-6-5-22(8-12(13)23)15-10-3-2-4-11(10)18-9-19-15/h7,9H,2-6,8H2,1H3,(H2,17,24). The van der Waals surface area contributed by atoms with Gasteiger partial charge in [0.15, 0.2) is 0 Å². The number of nitrogens with two attached hydrogens (primary N) is 1. The second-order valence-electron chi connectivity index (χ2n) is 6.64. The van der Waals surface area contributed by atoms with Gasteiger partial charge in [-0.15, -0.1) is 4.36 Å². The molecular weight excluding hydrogens is 370 g/mol. The minimum Gasteiger partial charge on any atom is -0.361 e. The molecule has 0 bridgehead atoms. The lowest BCUT2D eigenvalue weighted by atomic mass is 10.2. The first-order valence-electron chi connectivity index (χ1n) is 8.55. The summed E-state index contributed by atoms with van der Waals surface area (Å²) in [5, 5.41) is 4.27. The first kappa shape index (κ1) is 17.6. The van der Waals surface area contributed by atoms with E-state index in [1.807, 2.05) is 0 Å². The Morgan fingerprint density at radius 2 is 2.07 bits per heavy atom. The van der Waals surface area contributed by atoms with Crippen LogP contribution in [0.2, 0.25) is 0 Å². The van der Waals surface area contributed by atoms with Crippen LogP contribution < -0.4 is 10.6 Å². The van der Waals surface area contributed by atoms with E-state index in [1.165, 1.54) is 12.5 Å². The van der Waals surface area contributed by atoms with Crippen molar-refractivity contribution in [1.82, 2.24) is 19.7 Å². The van der Waals surface area contributed by atoms with Crippen molar-refractivity contribution < 1.29 is 13.8 Å². The number of primary amides is 1. The zero-order valence-corrected chi connectivity index (χ0v) is 15.6. The molecule has 2 aliphatic rings. The number of aromatic nitrogens is 4. The van der Waals surface area contributed by atoms with Crippen LogP contribution in [0.3, 0.4) is 0 Å². The van der Waals surface area contributed by atoms with Gasteiger partial charge >= 0.3 is 11.8 Å². The summed E-state index contributed by atoms with van der Waals surface area (Å²) in [5.41, 5.74) is 7.88. The van der Waals surface area contributed by atoms with Crippen molar-refractivity contribution >= 4 is 27.4 Å². The highest BCUT2D eigenvalue weighted by molar-refractivity contribution is 7.93. The second-order valence-corrected chi connectivity index (χ2v) is 8.87. The van der Waals surface area contributed by atoms with Crippen molar-refractivity contribution in [2.45, 2.75) is 37.2 Å². The molecule has 1 aliphatic heterocycles. The number of carbonyl (C=O) groups is 2. The Balaban J connectivity index is 1.71. The summed E-state index contributed by atoms with van der Waals surface area (Å²) < 4.78 is 18.3. The molecule has 0 radical (unpaired) electrons. The number of rotatable bonds is 2. The predicted octanol–water partition coefficient (Wildman–Crippen LogP) is -0.349. The van der Waals surface area contributed by atoms with E-state index in [-0.39, 0.29) is 0 Å². The van der Waals surface area contributed by atoms with Gasteiger partial charge in [-0.3, -0.25) is 14.3 Å². The molecule has 0 saturated carbocycles. The van der Waals surface area contributed by atoms with Crippen molar-refractivity contribution in [1.29, 1.82) is 0 Å². The van der Waals surface area contributed by atoms with Crippen molar-refractivity contribution in [3.8, 4) is 0 Å². The van der Waals surface area contributed by atoms with Gasteiger partial charge in [0.25, 0.3) is 0 Å². The second kappa shape index (κ2) is 6.41. The van der Waals surface area contributed by atoms with Crippen molar-refractivity contribution in [3.63, 3.8) is 0 Å². The van der Waals surface area contributed by atoms with Crippen LogP contribution in [0.1, 0.15) is 23.4 Å². The number of hydrogen-bond donors (Lipinski definition) is 1. The van der Waals surface area contributed by atoms with E-state index >= 15 is 0 Å². The minimum absolute atomic E-state index is 0.340. The van der Waals surface area contributed by atoms with Gasteiger partial charge in [-0.2, -0.15) is 5.10 Å². The molecule has 0 aromatic carbocycles. The van der Waals surface area contributed by atoms with Gasteiger partial charge in [-0.05, 0) is 19.3 Å². The summed E-state index contributed by atoms with van der Waals surface area (Å²) in [7, 11) is -3.14. The molecule has 1 aliphatic carbocycles. The van der Waals surface area contributed by atoms with E-state index in [0.717, 1.165) is 36.3 Å². The lowest BCUT2D eigenvalue weighted by Crippen LogP contribution is -2.35. The fraction of sp³-hybridized carbons (Fsp3) is 0.438. The molecule has 1 atom stereocenters. The third kappa shape index (κ3) is 3.07. The molecule has 2 N–H and O–H groups in total. The molecule has 10 nitrogen and oxygen atoms in total. The van der Waals surface area contributed by atoms with E-state index < -0.39 is 21.5 Å². The lowest BCUT2D eigenvalue weighted by Gasteiger charge is -2.30. The van der Waals surface area contributed by atoms with E-state index in [0.29, 0.717) is 30.2 Å². The molecule has 0 fully saturated rings. The molecule has 3 heterocycles. The smallest absolute Gasteiger partial charge is 0.343 e. The van der Waals surface area contributed by atoms with Gasteiger partial charge in [0.05, 0.1) is 39.6 Å². The fourth-order valence-electron chi connectivity index (χ4n) is 3.59. The topological polar surface area (TPSA) is 136 Å². The van der Waals surface area contributed by atoms with Gasteiger partial charge in [0.2, 0.25) is 0 Å². The average Bonchev–Trinajstić information content (AvgIpc) is 3.27. The molecule has 27 heavy (non-hydrogen) atoms. The number of carbonyl (C=O) groups excluding carboxylic acids is 2. The maximum atomic E-state index is 13.0. The summed E-state index contributed by atoms with van der Waals surface area (Å²) in [6.45, 7) is 1.73. The lowest BCUT2D eigenvalue weighted by molar-refractivity contribution is -0.135. The summed E-state index contributed by atoms with van der Waals surface area (Å²) in [6, 6.07) is 0. The molecule has 2 aromatic rings. The number of anilines is 1. The number of aryl methyl sites for hydroxylation is 1. The van der Waals surface area contributed by atoms with Crippen LogP contribution in [0.5, 0.6) is 0 Å². The molecule has 0 spiro atoms. The maximum absolute atomic E-state index is 13.0. The SMILES string of the molecule is CS(=O)(=NC(=O)C(N)=O)c1cnn2c1CN(c1ncnc3c1CCC3)CC2. The fourth-order valence-corrected chi connectivity index (χ4v) is 4.94. The largest absolute Gasteiger partial charge is 0.361 e. The monoisotopic (exact) mass is 389 g/mol. The number of fused-ring (bicyclic) bond motifs is 2. The number of nitrogens with zero attached hydrogens (tertiary/aromatic N) is 6. The van der Waals surface area contributed by atoms with Crippen molar-refractivity contribution in [2.75, 3.05) is 17.7 Å². The van der Waals surface area contributed by atoms with E-state index in [9.17, 15) is 13.8 Å². The normalized spacial score (nSPS) is 17.7. The van der Waals surface area contributed by atoms with Crippen LogP contribution in [-0.4, -0.2) is 48.6 Å². The Bertz CT molecular complexity index is 1070. The predicted molar refractivity (Wildman–Crippen MR) is 96.3 cm³/mol. The van der Waals surface area contributed by atoms with E-state index in [2.05, 4.69) is 24.3 Å². The Labute approximate surface area is 156 Å². The molecule has 4 rings (SSSR count). The van der Waals surface area contributed by atoms with E-state index in [4.69, 9.17) is 5.73 Å². The highest BCUT2D eigenvalue weighted by Crippen LogP contribution is 2.31. The van der Waals surface area contributed by atoms with Crippen LogP contribution in [-0.2, 0) is 45.2 Å². The quantitative estimate of drug-likeness (QED) is 0.693. The first-order chi connectivity index (χ1) is 12.9. The zero-order chi connectivity index (χ0) is 19.2. The van der Waals surface area contributed by atoms with Crippen LogP contribution in [0.15, 0.2) is 21.8 Å². The summed E-state index contributed by atoms with van der Waals surface area (Å²) in [5.74, 6) is -1.55. The van der Waals surface area contributed by atoms with Crippen molar-refractivity contribution in [3.05, 3.63) is 29.5 Å². The Morgan fingerprint density at radius 1 is 1.26 bits per heavy atom. The van der Waals surface area contributed by atoms with Crippen LogP contribution in [0.25, 0.3) is 0 Å². The maximum Gasteiger partial charge on any atom is 0.343 e. The average molecular weight is 389 g/mol. The van der Waals surface area contributed by atoms with Crippen LogP contribution >= 0.6 is 0 Å². The van der Waals surface area contributed by atoms with Gasteiger partial charge in [0.1, 0.15) is 12.1 Å². The van der Waals surface area contributed by atoms with Gasteiger partial charge < -0.3 is 10.6 Å². The molecule has 142 valence electrons. The Hall–Kier alpha value is -2.82. The highest BCUT2D eigenvalue weighted by Gasteiger charge is 2.28. The van der Waals surface area contributed by atoms with Crippen LogP contribution in [0, 0.1) is 0 Å². The summed E-state index contributed by atoms with van der Waals surface area (Å²) in [6.07, 6.45) is 7.31. The highest BCUT2D eigenvalue weighted by atomic mass is 32.2.